The number of fused-ring (bicyclic) bond motifs is 1. The molecule has 0 radical (unpaired) electrons. The first kappa shape index (κ1) is 14.9. The molecule has 0 amide bonds. The van der Waals surface area contributed by atoms with Gasteiger partial charge in [0.25, 0.3) is 0 Å². The van der Waals surface area contributed by atoms with Crippen molar-refractivity contribution in [3.05, 3.63) is 23.0 Å². The van der Waals surface area contributed by atoms with Crippen LogP contribution < -0.4 is 4.74 Å². The summed E-state index contributed by atoms with van der Waals surface area (Å²) in [7, 11) is 0. The molecular formula is C14H19Cl2NO2. The van der Waals surface area contributed by atoms with Crippen molar-refractivity contribution >= 4 is 23.2 Å². The monoisotopic (exact) mass is 303 g/mol. The maximum Gasteiger partial charge on any atom is 0.200 e. The van der Waals surface area contributed by atoms with E-state index >= 15 is 0 Å². The van der Waals surface area contributed by atoms with Crippen molar-refractivity contribution in [2.45, 2.75) is 57.3 Å². The lowest BCUT2D eigenvalue weighted by atomic mass is 10.1. The Labute approximate surface area is 124 Å². The molecule has 2 rings (SSSR count). The molecule has 0 bridgehead atoms. The highest BCUT2D eigenvalue weighted by atomic mass is 35.5. The molecule has 1 aliphatic heterocycles. The van der Waals surface area contributed by atoms with Crippen LogP contribution >= 0.6 is 23.2 Å². The van der Waals surface area contributed by atoms with Crippen LogP contribution in [-0.4, -0.2) is 11.3 Å². The highest BCUT2D eigenvalue weighted by Crippen LogP contribution is 2.34. The van der Waals surface area contributed by atoms with E-state index in [-0.39, 0.29) is 6.29 Å². The minimum Gasteiger partial charge on any atom is -0.463 e. The van der Waals surface area contributed by atoms with Gasteiger partial charge in [-0.2, -0.15) is 0 Å². The minimum atomic E-state index is -0.187. The van der Waals surface area contributed by atoms with Crippen LogP contribution in [0.15, 0.2) is 6.20 Å². The molecule has 3 nitrogen and oxygen atoms in total. The van der Waals surface area contributed by atoms with Crippen LogP contribution in [0.1, 0.15) is 49.4 Å². The van der Waals surface area contributed by atoms with Crippen LogP contribution in [0.4, 0.5) is 0 Å². The summed E-state index contributed by atoms with van der Waals surface area (Å²) in [6, 6.07) is 0. The summed E-state index contributed by atoms with van der Waals surface area (Å²) in [5.41, 5.74) is 2.72. The summed E-state index contributed by atoms with van der Waals surface area (Å²) in [6.07, 6.45) is 5.96. The molecule has 5 heteroatoms. The number of alkyl halides is 2. The lowest BCUT2D eigenvalue weighted by molar-refractivity contribution is -0.113. The van der Waals surface area contributed by atoms with Gasteiger partial charge in [0.1, 0.15) is 0 Å². The highest BCUT2D eigenvalue weighted by Gasteiger charge is 2.25. The zero-order chi connectivity index (χ0) is 13.7. The summed E-state index contributed by atoms with van der Waals surface area (Å²) in [5.74, 6) is 1.53. The molecule has 1 aromatic rings. The van der Waals surface area contributed by atoms with Gasteiger partial charge in [0.2, 0.25) is 0 Å². The zero-order valence-electron chi connectivity index (χ0n) is 11.1. The summed E-state index contributed by atoms with van der Waals surface area (Å²) >= 11 is 11.8. The molecule has 1 aliphatic rings. The molecule has 0 spiro atoms. The van der Waals surface area contributed by atoms with Gasteiger partial charge in [0, 0.05) is 24.1 Å². The second-order valence-corrected chi connectivity index (χ2v) is 5.19. The van der Waals surface area contributed by atoms with E-state index in [1.807, 2.05) is 0 Å². The van der Waals surface area contributed by atoms with Crippen molar-refractivity contribution in [2.75, 3.05) is 0 Å². The maximum absolute atomic E-state index is 5.92. The Morgan fingerprint density at radius 1 is 1.32 bits per heavy atom. The third kappa shape index (κ3) is 3.53. The van der Waals surface area contributed by atoms with Crippen LogP contribution in [0, 0.1) is 0 Å². The van der Waals surface area contributed by atoms with Gasteiger partial charge in [-0.25, -0.2) is 0 Å². The van der Waals surface area contributed by atoms with Gasteiger partial charge in [0.05, 0.1) is 18.2 Å². The molecule has 0 fully saturated rings. The van der Waals surface area contributed by atoms with Gasteiger partial charge in [-0.1, -0.05) is 19.8 Å². The van der Waals surface area contributed by atoms with Crippen molar-refractivity contribution in [1.29, 1.82) is 0 Å². The van der Waals surface area contributed by atoms with Crippen LogP contribution in [0.25, 0.3) is 0 Å². The van der Waals surface area contributed by atoms with Crippen molar-refractivity contribution in [1.82, 2.24) is 4.98 Å². The normalized spacial score (nSPS) is 17.9. The van der Waals surface area contributed by atoms with Crippen LogP contribution in [0.2, 0.25) is 0 Å². The van der Waals surface area contributed by atoms with Gasteiger partial charge in [-0.3, -0.25) is 4.98 Å². The van der Waals surface area contributed by atoms with E-state index in [1.165, 1.54) is 12.8 Å². The third-order valence-corrected chi connectivity index (χ3v) is 3.82. The van der Waals surface area contributed by atoms with Gasteiger partial charge < -0.3 is 9.47 Å². The van der Waals surface area contributed by atoms with E-state index in [0.717, 1.165) is 35.4 Å². The van der Waals surface area contributed by atoms with Gasteiger partial charge in [-0.05, 0) is 12.0 Å². The molecule has 2 heterocycles. The summed E-state index contributed by atoms with van der Waals surface area (Å²) in [6.45, 7) is 2.71. The number of pyridine rings is 1. The molecule has 0 N–H and O–H groups in total. The summed E-state index contributed by atoms with van der Waals surface area (Å²) in [5, 5.41) is 0. The van der Waals surface area contributed by atoms with Crippen molar-refractivity contribution in [3.8, 4) is 5.75 Å². The fourth-order valence-electron chi connectivity index (χ4n) is 2.17. The van der Waals surface area contributed by atoms with Gasteiger partial charge in [0.15, 0.2) is 12.0 Å². The lowest BCUT2D eigenvalue weighted by Crippen LogP contribution is -2.27. The topological polar surface area (TPSA) is 31.4 Å². The smallest absolute Gasteiger partial charge is 0.200 e. The second kappa shape index (κ2) is 7.32. The first-order chi connectivity index (χ1) is 9.30. The molecule has 1 unspecified atom stereocenters. The van der Waals surface area contributed by atoms with Crippen LogP contribution in [0.3, 0.4) is 0 Å². The number of unbranched alkanes of at least 4 members (excludes halogenated alkanes) is 2. The first-order valence-electron chi connectivity index (χ1n) is 6.70. The summed E-state index contributed by atoms with van der Waals surface area (Å²) < 4.78 is 11.7. The average Bonchev–Trinajstić information content (AvgIpc) is 2.46. The number of nitrogens with zero attached hydrogens (tertiary/aromatic N) is 1. The van der Waals surface area contributed by atoms with Gasteiger partial charge in [-0.15, -0.1) is 23.2 Å². The number of hydrogen-bond acceptors (Lipinski definition) is 3. The molecule has 0 saturated carbocycles. The average molecular weight is 304 g/mol. The fraction of sp³-hybridized carbons (Fsp3) is 0.643. The Bertz CT molecular complexity index is 426. The molecule has 0 aromatic carbocycles. The Balaban J connectivity index is 2.13. The Hall–Kier alpha value is -0.510. The number of rotatable bonds is 6. The second-order valence-electron chi connectivity index (χ2n) is 4.66. The van der Waals surface area contributed by atoms with Crippen molar-refractivity contribution in [2.24, 2.45) is 0 Å². The van der Waals surface area contributed by atoms with Crippen LogP contribution in [-0.2, 0) is 23.1 Å². The predicted molar refractivity (Wildman–Crippen MR) is 76.7 cm³/mol. The third-order valence-electron chi connectivity index (χ3n) is 3.28. The molecule has 0 saturated heterocycles. The highest BCUT2D eigenvalue weighted by molar-refractivity contribution is 6.17. The lowest BCUT2D eigenvalue weighted by Gasteiger charge is -2.28. The summed E-state index contributed by atoms with van der Waals surface area (Å²) in [4.78, 5) is 4.32. The number of ether oxygens (including phenoxy) is 2. The predicted octanol–water partition coefficient (Wildman–Crippen LogP) is 4.37. The number of halogens is 2. The van der Waals surface area contributed by atoms with E-state index in [9.17, 15) is 0 Å². The Morgan fingerprint density at radius 3 is 2.84 bits per heavy atom. The fourth-order valence-corrected chi connectivity index (χ4v) is 2.59. The molecule has 1 aromatic heterocycles. The Morgan fingerprint density at radius 2 is 2.16 bits per heavy atom. The van der Waals surface area contributed by atoms with E-state index in [2.05, 4.69) is 11.9 Å². The standard InChI is InChI=1S/C14H19Cl2NO2/c1-2-3-4-5-13-18-9-11-10(6-15)8-17-12(7-16)14(11)19-13/h8,13H,2-7,9H2,1H3. The number of aromatic nitrogens is 1. The van der Waals surface area contributed by atoms with Crippen molar-refractivity contribution in [3.63, 3.8) is 0 Å². The molecule has 106 valence electrons. The zero-order valence-corrected chi connectivity index (χ0v) is 12.6. The van der Waals surface area contributed by atoms with E-state index < -0.39 is 0 Å². The van der Waals surface area contributed by atoms with Crippen LogP contribution in [0.5, 0.6) is 5.75 Å². The maximum atomic E-state index is 5.92. The van der Waals surface area contributed by atoms with E-state index in [0.29, 0.717) is 18.4 Å². The van der Waals surface area contributed by atoms with E-state index in [4.69, 9.17) is 32.7 Å². The van der Waals surface area contributed by atoms with E-state index in [1.54, 1.807) is 6.20 Å². The SMILES string of the molecule is CCCCCC1OCc2c(CCl)cnc(CCl)c2O1. The Kier molecular flexibility index (Phi) is 5.74. The number of hydrogen-bond donors (Lipinski definition) is 0. The quantitative estimate of drug-likeness (QED) is 0.577. The molecular weight excluding hydrogens is 285 g/mol. The largest absolute Gasteiger partial charge is 0.463 e. The minimum absolute atomic E-state index is 0.187. The first-order valence-corrected chi connectivity index (χ1v) is 7.76. The molecule has 0 aliphatic carbocycles. The molecule has 1 atom stereocenters. The van der Waals surface area contributed by atoms with Gasteiger partial charge >= 0.3 is 0 Å². The van der Waals surface area contributed by atoms with Crippen molar-refractivity contribution < 1.29 is 9.47 Å². The molecule has 19 heavy (non-hydrogen) atoms.